The highest BCUT2D eigenvalue weighted by Crippen LogP contribution is 2.43. The second kappa shape index (κ2) is 20.9. The van der Waals surface area contributed by atoms with E-state index in [0.717, 1.165) is 63.9 Å². The number of fused-ring (bicyclic) bond motifs is 6. The maximum absolute atomic E-state index is 14.7. The first kappa shape index (κ1) is 50.6. The van der Waals surface area contributed by atoms with Crippen LogP contribution in [0.4, 0.5) is 4.79 Å². The van der Waals surface area contributed by atoms with Gasteiger partial charge in [0, 0.05) is 98.9 Å². The molecule has 0 saturated carbocycles. The average Bonchev–Trinajstić information content (AvgIpc) is 4.08. The predicted octanol–water partition coefficient (Wildman–Crippen LogP) is 6.62. The molecule has 4 aliphatic rings. The Kier molecular flexibility index (Phi) is 15.1. The number of pyridine rings is 1. The minimum absolute atomic E-state index is 0.0585. The van der Waals surface area contributed by atoms with Gasteiger partial charge in [0.15, 0.2) is 0 Å². The van der Waals surface area contributed by atoms with Gasteiger partial charge in [0.25, 0.3) is 11.8 Å². The lowest BCUT2D eigenvalue weighted by Gasteiger charge is -2.42. The number of methoxy groups -OCH3 is 1. The second-order valence-electron chi connectivity index (χ2n) is 20.7. The minimum Gasteiger partial charge on any atom is -0.464 e. The molecule has 16 nitrogen and oxygen atoms in total. The monoisotopic (exact) mass is 976 g/mol. The average molecular weight is 976 g/mol. The van der Waals surface area contributed by atoms with Gasteiger partial charge in [0.2, 0.25) is 5.91 Å². The lowest BCUT2D eigenvalue weighted by Crippen LogP contribution is -2.62. The van der Waals surface area contributed by atoms with E-state index in [1.807, 2.05) is 37.1 Å². The van der Waals surface area contributed by atoms with Gasteiger partial charge < -0.3 is 34.1 Å². The molecular weight excluding hydrogens is 907 g/mol. The summed E-state index contributed by atoms with van der Waals surface area (Å²) >= 11 is 1.42. The van der Waals surface area contributed by atoms with Crippen LogP contribution >= 0.6 is 11.3 Å². The molecule has 8 rings (SSSR count). The zero-order chi connectivity index (χ0) is 50.1. The number of ether oxygens (including phenoxy) is 2. The summed E-state index contributed by atoms with van der Waals surface area (Å²) in [5.74, 6) is 3.58. The van der Waals surface area contributed by atoms with Crippen LogP contribution in [0.2, 0.25) is 0 Å². The number of urea groups is 1. The van der Waals surface area contributed by atoms with Crippen molar-refractivity contribution in [1.82, 2.24) is 45.0 Å². The first-order valence-corrected chi connectivity index (χ1v) is 25.7. The molecule has 70 heavy (non-hydrogen) atoms. The molecule has 374 valence electrons. The van der Waals surface area contributed by atoms with Gasteiger partial charge >= 0.3 is 12.0 Å². The van der Waals surface area contributed by atoms with E-state index < -0.39 is 41.3 Å². The number of nitrogens with zero attached hydrogens (tertiary/aromatic N) is 7. The summed E-state index contributed by atoms with van der Waals surface area (Å²) in [6.45, 7) is 17.2. The number of amides is 5. The van der Waals surface area contributed by atoms with E-state index in [2.05, 4.69) is 72.2 Å². The number of hydrazine groups is 1. The molecule has 3 saturated heterocycles. The Balaban J connectivity index is 1.10. The molecule has 2 N–H and O–H groups in total. The van der Waals surface area contributed by atoms with Gasteiger partial charge in [-0.2, -0.15) is 0 Å². The largest absolute Gasteiger partial charge is 0.464 e. The Morgan fingerprint density at radius 2 is 1.81 bits per heavy atom. The maximum atomic E-state index is 14.7. The predicted molar refractivity (Wildman–Crippen MR) is 269 cm³/mol. The van der Waals surface area contributed by atoms with Gasteiger partial charge in [-0.15, -0.1) is 11.3 Å². The lowest BCUT2D eigenvalue weighted by atomic mass is 9.78. The number of carbonyl (C=O) groups excluding carboxylic acids is 5. The normalized spacial score (nSPS) is 21.2. The van der Waals surface area contributed by atoms with E-state index in [4.69, 9.17) is 19.4 Å². The fraction of sp³-hybridized carbons (Fsp3) is 0.566. The van der Waals surface area contributed by atoms with Crippen LogP contribution in [-0.4, -0.2) is 136 Å². The molecule has 7 heterocycles. The van der Waals surface area contributed by atoms with Crippen LogP contribution in [0, 0.1) is 28.6 Å². The van der Waals surface area contributed by atoms with Crippen molar-refractivity contribution in [2.45, 2.75) is 124 Å². The Morgan fingerprint density at radius 1 is 1.07 bits per heavy atom. The van der Waals surface area contributed by atoms with Crippen LogP contribution in [0.1, 0.15) is 103 Å². The van der Waals surface area contributed by atoms with Crippen LogP contribution in [0.25, 0.3) is 33.4 Å². The Morgan fingerprint density at radius 3 is 2.51 bits per heavy atom. The fourth-order valence-electron chi connectivity index (χ4n) is 11.0. The minimum atomic E-state index is -1.07. The topological polar surface area (TPSA) is 172 Å². The van der Waals surface area contributed by atoms with Crippen LogP contribution in [-0.2, 0) is 48.0 Å². The summed E-state index contributed by atoms with van der Waals surface area (Å²) in [6, 6.07) is 7.42. The lowest BCUT2D eigenvalue weighted by molar-refractivity contribution is -0.155. The number of hydrogen-bond donors (Lipinski definition) is 2. The highest BCUT2D eigenvalue weighted by molar-refractivity contribution is 7.10. The number of hydrogen-bond acceptors (Lipinski definition) is 11. The summed E-state index contributed by atoms with van der Waals surface area (Å²) in [6.07, 6.45) is 5.58. The molecule has 4 aromatic rings. The van der Waals surface area contributed by atoms with Crippen LogP contribution in [0.3, 0.4) is 0 Å². The van der Waals surface area contributed by atoms with Crippen molar-refractivity contribution in [2.75, 3.05) is 53.5 Å². The van der Waals surface area contributed by atoms with E-state index in [9.17, 15) is 24.0 Å². The van der Waals surface area contributed by atoms with Crippen molar-refractivity contribution in [3.05, 3.63) is 58.2 Å². The number of aromatic nitrogens is 3. The van der Waals surface area contributed by atoms with Crippen molar-refractivity contribution in [3.63, 3.8) is 0 Å². The highest BCUT2D eigenvalue weighted by Gasteiger charge is 2.44. The van der Waals surface area contributed by atoms with Gasteiger partial charge in [-0.1, -0.05) is 39.7 Å². The third-order valence-electron chi connectivity index (χ3n) is 14.8. The van der Waals surface area contributed by atoms with E-state index >= 15 is 0 Å². The Hall–Kier alpha value is -5.83. The fourth-order valence-corrected chi connectivity index (χ4v) is 11.8. The van der Waals surface area contributed by atoms with Crippen LogP contribution < -0.4 is 10.7 Å². The Labute approximate surface area is 415 Å². The first-order chi connectivity index (χ1) is 33.5. The summed E-state index contributed by atoms with van der Waals surface area (Å²) in [4.78, 5) is 85.1. The molecule has 0 aliphatic carbocycles. The van der Waals surface area contributed by atoms with Gasteiger partial charge in [-0.25, -0.2) is 15.2 Å². The highest BCUT2D eigenvalue weighted by atomic mass is 32.1. The number of aryl methyl sites for hydroxylation is 1. The number of likely N-dealkylation sites (N-methyl/N-ethyl adjacent to an activating group) is 1. The molecule has 0 radical (unpaired) electrons. The number of likely N-dealkylation sites (tertiary alicyclic amines) is 2. The molecule has 17 heteroatoms. The smallest absolute Gasteiger partial charge is 0.324 e. The number of nitrogens with one attached hydrogen (secondary N) is 2. The molecular formula is C53H69N9O7S. The summed E-state index contributed by atoms with van der Waals surface area (Å²) in [5.41, 5.74) is 9.25. The van der Waals surface area contributed by atoms with Crippen LogP contribution in [0.15, 0.2) is 41.9 Å². The van der Waals surface area contributed by atoms with Crippen molar-refractivity contribution in [1.29, 1.82) is 0 Å². The molecule has 6 bridgehead atoms. The standard InChI is InChI=1S/C53H69N9O7S/c1-10-14-44(63)60-26-21-53(31-60)19-24-59(25-20-53)51(67)58(8)46(33(3)4)48(64)56-40-28-43-55-41(30-70-43)35-17-18-42-37(27-35)38(47(61(42)11-2)36-15-12-22-54-45(36)34(5)68-9)29-52(6,7)32-69-50(66)39-16-13-23-62(57-39)49(40)65/h12,15,17-18,22,27,30,33-34,39-40,46,57H,11,13,16,19-21,23-26,28-29,31-32H2,1-9H3,(H,56,64)/t34-,39-,40-,46-/m0/s1. The molecule has 0 unspecified atom stereocenters. The number of benzene rings is 1. The zero-order valence-electron chi connectivity index (χ0n) is 42.2. The van der Waals surface area contributed by atoms with Gasteiger partial charge in [0.05, 0.1) is 34.8 Å². The number of piperidine rings is 1. The second-order valence-corrected chi connectivity index (χ2v) is 21.6. The van der Waals surface area contributed by atoms with Crippen LogP contribution in [0.5, 0.6) is 0 Å². The third kappa shape index (κ3) is 10.3. The van der Waals surface area contributed by atoms with Crippen molar-refractivity contribution >= 4 is 52.0 Å². The SMILES string of the molecule is CC#CC(=O)N1CCC2(CCN(C(=O)N(C)[C@H](C(=O)N[C@H]3Cc4nc(cs4)-c4ccc5c(c4)c(c(-c4cccnc4[C@H](C)OC)n5CC)CC(C)(C)COC(=O)[C@@H]4CCCN(N4)C3=O)C(C)C)CC2)C1. The van der Waals surface area contributed by atoms with Gasteiger partial charge in [0.1, 0.15) is 18.1 Å². The van der Waals surface area contributed by atoms with Crippen molar-refractivity contribution in [2.24, 2.45) is 16.7 Å². The first-order valence-electron chi connectivity index (χ1n) is 24.8. The van der Waals surface area contributed by atoms with Crippen molar-refractivity contribution in [3.8, 4) is 34.4 Å². The number of esters is 1. The van der Waals surface area contributed by atoms with E-state index in [-0.39, 0.29) is 42.4 Å². The van der Waals surface area contributed by atoms with Gasteiger partial charge in [-0.05, 0) is 106 Å². The zero-order valence-corrected chi connectivity index (χ0v) is 43.0. The molecule has 4 aliphatic heterocycles. The van der Waals surface area contributed by atoms with E-state index in [1.54, 1.807) is 32.2 Å². The third-order valence-corrected chi connectivity index (χ3v) is 15.7. The summed E-state index contributed by atoms with van der Waals surface area (Å²) in [7, 11) is 3.33. The number of cyclic esters (lactones) is 1. The van der Waals surface area contributed by atoms with Crippen molar-refractivity contribution < 1.29 is 33.4 Å². The summed E-state index contributed by atoms with van der Waals surface area (Å²) < 4.78 is 14.3. The molecule has 4 atom stereocenters. The summed E-state index contributed by atoms with van der Waals surface area (Å²) in [5, 5.41) is 8.19. The number of thiazole rings is 1. The van der Waals surface area contributed by atoms with E-state index in [0.29, 0.717) is 63.5 Å². The molecule has 3 fully saturated rings. The number of carbonyl (C=O) groups is 5. The molecule has 1 spiro atoms. The molecule has 1 aromatic carbocycles. The quantitative estimate of drug-likeness (QED) is 0.145. The molecule has 5 amide bonds. The molecule has 3 aromatic heterocycles. The number of rotatable bonds is 8. The van der Waals surface area contributed by atoms with Gasteiger partial charge in [-0.3, -0.25) is 29.2 Å². The van der Waals surface area contributed by atoms with E-state index in [1.165, 1.54) is 21.2 Å². The maximum Gasteiger partial charge on any atom is 0.324 e. The Bertz CT molecular complexity index is 2690.